The van der Waals surface area contributed by atoms with E-state index in [4.69, 9.17) is 4.42 Å². The fraction of sp³-hybridized carbons (Fsp3) is 0.435. The fourth-order valence-corrected chi connectivity index (χ4v) is 4.23. The van der Waals surface area contributed by atoms with E-state index in [2.05, 4.69) is 29.7 Å². The zero-order valence-electron chi connectivity index (χ0n) is 16.3. The van der Waals surface area contributed by atoms with Gasteiger partial charge in [0, 0.05) is 19.6 Å². The molecule has 2 aromatic carbocycles. The van der Waals surface area contributed by atoms with Crippen molar-refractivity contribution in [3.63, 3.8) is 0 Å². The summed E-state index contributed by atoms with van der Waals surface area (Å²) in [5.41, 5.74) is 1.62. The van der Waals surface area contributed by atoms with Gasteiger partial charge in [0.1, 0.15) is 5.58 Å². The molecule has 3 aromatic rings. The first-order valence-corrected chi connectivity index (χ1v) is 10.2. The van der Waals surface area contributed by atoms with Gasteiger partial charge in [-0.2, -0.15) is 0 Å². The largest absolute Gasteiger partial charge is 0.440 e. The zero-order valence-corrected chi connectivity index (χ0v) is 16.3. The van der Waals surface area contributed by atoms with E-state index in [9.17, 15) is 4.79 Å². The van der Waals surface area contributed by atoms with Crippen LogP contribution < -0.4 is 10.3 Å². The van der Waals surface area contributed by atoms with Crippen LogP contribution in [0, 0.1) is 0 Å². The molecule has 0 aliphatic carbocycles. The Hall–Kier alpha value is -2.33. The van der Waals surface area contributed by atoms with Crippen molar-refractivity contribution in [2.75, 3.05) is 31.1 Å². The Morgan fingerprint density at radius 2 is 1.74 bits per heavy atom. The highest BCUT2D eigenvalue weighted by molar-refractivity contribution is 6.05. The lowest BCUT2D eigenvalue weighted by Gasteiger charge is -2.29. The number of hydrogen-bond acceptors (Lipinski definition) is 4. The second-order valence-electron chi connectivity index (χ2n) is 7.38. The van der Waals surface area contributed by atoms with Crippen molar-refractivity contribution in [2.45, 2.75) is 39.7 Å². The first-order valence-electron chi connectivity index (χ1n) is 10.2. The summed E-state index contributed by atoms with van der Waals surface area (Å²) in [6.45, 7) is 8.66. The average molecular weight is 364 g/mol. The van der Waals surface area contributed by atoms with Crippen LogP contribution in [0.4, 0.5) is 5.88 Å². The van der Waals surface area contributed by atoms with E-state index in [-0.39, 0.29) is 5.43 Å². The summed E-state index contributed by atoms with van der Waals surface area (Å²) < 4.78 is 6.37. The molecule has 0 bridgehead atoms. The lowest BCUT2D eigenvalue weighted by Crippen LogP contribution is -2.33. The van der Waals surface area contributed by atoms with Crippen LogP contribution in [0.1, 0.15) is 38.7 Å². The van der Waals surface area contributed by atoms with E-state index in [0.29, 0.717) is 12.1 Å². The summed E-state index contributed by atoms with van der Waals surface area (Å²) in [4.78, 5) is 18.2. The summed E-state index contributed by atoms with van der Waals surface area (Å²) in [5, 5.41) is 2.78. The Morgan fingerprint density at radius 3 is 2.48 bits per heavy atom. The fourth-order valence-electron chi connectivity index (χ4n) is 4.23. The molecule has 0 saturated carbocycles. The first-order chi connectivity index (χ1) is 13.2. The van der Waals surface area contributed by atoms with E-state index in [0.717, 1.165) is 53.8 Å². The molecule has 1 aliphatic heterocycles. The molecule has 4 rings (SSSR count). The number of anilines is 1. The molecular formula is C23H28N2O2. The van der Waals surface area contributed by atoms with Gasteiger partial charge >= 0.3 is 0 Å². The summed E-state index contributed by atoms with van der Waals surface area (Å²) >= 11 is 0. The molecular weight excluding hydrogens is 336 g/mol. The summed E-state index contributed by atoms with van der Waals surface area (Å²) in [5.74, 6) is 0.748. The monoisotopic (exact) mass is 364 g/mol. The Balaban J connectivity index is 1.95. The maximum Gasteiger partial charge on any atom is 0.204 e. The molecule has 2 heterocycles. The third kappa shape index (κ3) is 3.34. The molecule has 0 unspecified atom stereocenters. The molecule has 1 fully saturated rings. The minimum absolute atomic E-state index is 0.125. The maximum atomic E-state index is 13.7. The van der Waals surface area contributed by atoms with Gasteiger partial charge in [-0.1, -0.05) is 36.8 Å². The van der Waals surface area contributed by atoms with Crippen molar-refractivity contribution < 1.29 is 4.42 Å². The lowest BCUT2D eigenvalue weighted by molar-refractivity contribution is 0.219. The van der Waals surface area contributed by atoms with Crippen molar-refractivity contribution in [3.05, 3.63) is 52.2 Å². The predicted octanol–water partition coefficient (Wildman–Crippen LogP) is 4.78. The van der Waals surface area contributed by atoms with Gasteiger partial charge in [-0.05, 0) is 56.6 Å². The summed E-state index contributed by atoms with van der Waals surface area (Å²) in [7, 11) is 0. The van der Waals surface area contributed by atoms with E-state index in [1.165, 1.54) is 19.3 Å². The van der Waals surface area contributed by atoms with Gasteiger partial charge < -0.3 is 9.32 Å². The van der Waals surface area contributed by atoms with Gasteiger partial charge in [-0.25, -0.2) is 0 Å². The van der Waals surface area contributed by atoms with Gasteiger partial charge in [0.05, 0.1) is 10.9 Å². The minimum Gasteiger partial charge on any atom is -0.440 e. The number of fused-ring (bicyclic) bond motifs is 3. The molecule has 0 spiro atoms. The number of rotatable bonds is 5. The Bertz CT molecular complexity index is 998. The van der Waals surface area contributed by atoms with Crippen LogP contribution in [-0.2, 0) is 6.54 Å². The normalized spacial score (nSPS) is 15.5. The van der Waals surface area contributed by atoms with Crippen LogP contribution in [0.25, 0.3) is 21.7 Å². The van der Waals surface area contributed by atoms with Gasteiger partial charge in [0.15, 0.2) is 5.43 Å². The number of nitrogens with zero attached hydrogens (tertiary/aromatic N) is 2. The third-order valence-corrected chi connectivity index (χ3v) is 5.74. The molecule has 4 heteroatoms. The molecule has 1 saturated heterocycles. The SMILES string of the molecule is CCN(CC)c1oc2ccc3ccccc3c2c(=O)c1CN1CCCCC1. The third-order valence-electron chi connectivity index (χ3n) is 5.74. The summed E-state index contributed by atoms with van der Waals surface area (Å²) in [6, 6.07) is 12.1. The van der Waals surface area contributed by atoms with Crippen molar-refractivity contribution in [1.82, 2.24) is 4.90 Å². The van der Waals surface area contributed by atoms with Crippen LogP contribution in [0.2, 0.25) is 0 Å². The highest BCUT2D eigenvalue weighted by atomic mass is 16.4. The quantitative estimate of drug-likeness (QED) is 0.611. The minimum atomic E-state index is 0.125. The number of benzene rings is 2. The molecule has 0 radical (unpaired) electrons. The Labute approximate surface area is 160 Å². The smallest absolute Gasteiger partial charge is 0.204 e. The highest BCUT2D eigenvalue weighted by Crippen LogP contribution is 2.29. The second-order valence-corrected chi connectivity index (χ2v) is 7.38. The van der Waals surface area contributed by atoms with Crippen LogP contribution in [0.15, 0.2) is 45.6 Å². The molecule has 4 nitrogen and oxygen atoms in total. The Kier molecular flexibility index (Phi) is 5.17. The molecule has 0 amide bonds. The average Bonchev–Trinajstić information content (AvgIpc) is 2.72. The highest BCUT2D eigenvalue weighted by Gasteiger charge is 2.22. The van der Waals surface area contributed by atoms with Crippen molar-refractivity contribution in [2.24, 2.45) is 0 Å². The zero-order chi connectivity index (χ0) is 18.8. The molecule has 27 heavy (non-hydrogen) atoms. The van der Waals surface area contributed by atoms with Crippen LogP contribution >= 0.6 is 0 Å². The first kappa shape index (κ1) is 18.1. The number of piperidine rings is 1. The number of likely N-dealkylation sites (tertiary alicyclic amines) is 1. The van der Waals surface area contributed by atoms with Gasteiger partial charge in [0.2, 0.25) is 5.88 Å². The Morgan fingerprint density at radius 1 is 1.00 bits per heavy atom. The van der Waals surface area contributed by atoms with E-state index in [1.54, 1.807) is 0 Å². The molecule has 0 N–H and O–H groups in total. The molecule has 1 aliphatic rings. The van der Waals surface area contributed by atoms with Crippen LogP contribution in [0.3, 0.4) is 0 Å². The van der Waals surface area contributed by atoms with E-state index in [1.807, 2.05) is 30.3 Å². The lowest BCUT2D eigenvalue weighted by atomic mass is 10.0. The summed E-state index contributed by atoms with van der Waals surface area (Å²) in [6.07, 6.45) is 3.71. The molecule has 142 valence electrons. The van der Waals surface area contributed by atoms with Crippen molar-refractivity contribution in [1.29, 1.82) is 0 Å². The van der Waals surface area contributed by atoms with Crippen LogP contribution in [-0.4, -0.2) is 31.1 Å². The van der Waals surface area contributed by atoms with Crippen molar-refractivity contribution >= 4 is 27.6 Å². The number of hydrogen-bond donors (Lipinski definition) is 0. The van der Waals surface area contributed by atoms with E-state index >= 15 is 0 Å². The van der Waals surface area contributed by atoms with Gasteiger partial charge in [-0.3, -0.25) is 9.69 Å². The van der Waals surface area contributed by atoms with Crippen molar-refractivity contribution in [3.8, 4) is 0 Å². The van der Waals surface area contributed by atoms with Crippen LogP contribution in [0.5, 0.6) is 0 Å². The topological polar surface area (TPSA) is 36.7 Å². The van der Waals surface area contributed by atoms with Gasteiger partial charge in [0.25, 0.3) is 0 Å². The standard InChI is InChI=1S/C23H28N2O2/c1-3-25(4-2)23-19(16-24-14-8-5-9-15-24)22(26)21-18-11-7-6-10-17(18)12-13-20(21)27-23/h6-7,10-13H,3-5,8-9,14-16H2,1-2H3. The molecule has 1 aromatic heterocycles. The van der Waals surface area contributed by atoms with E-state index < -0.39 is 0 Å². The van der Waals surface area contributed by atoms with Gasteiger partial charge in [-0.15, -0.1) is 0 Å². The maximum absolute atomic E-state index is 13.7. The molecule has 0 atom stereocenters. The second kappa shape index (κ2) is 7.73. The predicted molar refractivity (Wildman–Crippen MR) is 113 cm³/mol.